The third-order valence-corrected chi connectivity index (χ3v) is 5.88. The van der Waals surface area contributed by atoms with Crippen molar-refractivity contribution in [3.63, 3.8) is 0 Å². The van der Waals surface area contributed by atoms with Gasteiger partial charge in [0.1, 0.15) is 5.60 Å². The van der Waals surface area contributed by atoms with Crippen LogP contribution in [0.4, 0.5) is 0 Å². The summed E-state index contributed by atoms with van der Waals surface area (Å²) < 4.78 is 23.3. The summed E-state index contributed by atoms with van der Waals surface area (Å²) >= 11 is 0. The van der Waals surface area contributed by atoms with Crippen molar-refractivity contribution >= 4 is 0 Å². The molecule has 0 saturated carbocycles. The van der Waals surface area contributed by atoms with E-state index in [9.17, 15) is 5.11 Å². The number of aliphatic hydroxyl groups is 1. The molecule has 0 amide bonds. The molecule has 2 fully saturated rings. The Balaban J connectivity index is 1.60. The van der Waals surface area contributed by atoms with Crippen LogP contribution in [-0.2, 0) is 30.3 Å². The highest BCUT2D eigenvalue weighted by atomic mass is 16.7. The lowest BCUT2D eigenvalue weighted by atomic mass is 9.61. The van der Waals surface area contributed by atoms with Crippen LogP contribution >= 0.6 is 0 Å². The number of hydrogen-bond acceptors (Lipinski definition) is 5. The van der Waals surface area contributed by atoms with Crippen molar-refractivity contribution in [1.29, 1.82) is 0 Å². The lowest BCUT2D eigenvalue weighted by Gasteiger charge is -2.48. The maximum absolute atomic E-state index is 11.5. The van der Waals surface area contributed by atoms with Crippen molar-refractivity contribution in [2.45, 2.75) is 42.9 Å². The molecule has 1 spiro atoms. The maximum Gasteiger partial charge on any atom is 0.192 e. The SMILES string of the molecule is CC1(c2cccc3c2C2(O)C=CC4(CCC32)OCCO4)OCCO1. The van der Waals surface area contributed by atoms with Gasteiger partial charge in [-0.05, 0) is 31.1 Å². The van der Waals surface area contributed by atoms with Crippen LogP contribution < -0.4 is 0 Å². The average molecular weight is 330 g/mol. The van der Waals surface area contributed by atoms with E-state index in [1.54, 1.807) is 0 Å². The molecule has 1 aromatic rings. The fraction of sp³-hybridized carbons (Fsp3) is 0.579. The molecule has 5 heteroatoms. The molecule has 2 unspecified atom stereocenters. The van der Waals surface area contributed by atoms with Crippen molar-refractivity contribution in [3.05, 3.63) is 47.0 Å². The largest absolute Gasteiger partial charge is 0.380 e. The molecule has 2 saturated heterocycles. The molecule has 1 N–H and O–H groups in total. The molecule has 2 heterocycles. The molecule has 4 aliphatic rings. The summed E-state index contributed by atoms with van der Waals surface area (Å²) in [6.45, 7) is 4.28. The molecule has 2 aliphatic carbocycles. The van der Waals surface area contributed by atoms with Gasteiger partial charge in [-0.2, -0.15) is 0 Å². The van der Waals surface area contributed by atoms with Crippen molar-refractivity contribution in [3.8, 4) is 0 Å². The van der Waals surface area contributed by atoms with Gasteiger partial charge in [-0.25, -0.2) is 0 Å². The Morgan fingerprint density at radius 2 is 1.71 bits per heavy atom. The summed E-state index contributed by atoms with van der Waals surface area (Å²) in [6, 6.07) is 6.12. The predicted octanol–water partition coefficient (Wildman–Crippen LogP) is 2.28. The van der Waals surface area contributed by atoms with Crippen LogP contribution in [-0.4, -0.2) is 37.3 Å². The van der Waals surface area contributed by atoms with Gasteiger partial charge in [-0.1, -0.05) is 18.2 Å². The van der Waals surface area contributed by atoms with E-state index in [-0.39, 0.29) is 5.92 Å². The molecular formula is C19H22O5. The summed E-state index contributed by atoms with van der Waals surface area (Å²) in [7, 11) is 0. The van der Waals surface area contributed by atoms with Gasteiger partial charge in [0.05, 0.1) is 26.4 Å². The Kier molecular flexibility index (Phi) is 3.07. The molecule has 24 heavy (non-hydrogen) atoms. The van der Waals surface area contributed by atoms with Gasteiger partial charge in [-0.3, -0.25) is 0 Å². The number of fused-ring (bicyclic) bond motifs is 4. The van der Waals surface area contributed by atoms with E-state index < -0.39 is 17.2 Å². The highest BCUT2D eigenvalue weighted by Crippen LogP contribution is 2.58. The summed E-state index contributed by atoms with van der Waals surface area (Å²) in [5, 5.41) is 11.5. The standard InChI is InChI=1S/C19H22O5/c1-17(21-9-10-22-17)15-4-2-3-13-14-5-6-18(23-11-12-24-18)7-8-19(14,20)16(13)15/h2-4,7-8,14,20H,5-6,9-12H2,1H3. The Morgan fingerprint density at radius 3 is 2.46 bits per heavy atom. The Hall–Kier alpha value is -1.24. The van der Waals surface area contributed by atoms with Gasteiger partial charge in [0.2, 0.25) is 0 Å². The molecule has 0 aromatic heterocycles. The number of hydrogen-bond donors (Lipinski definition) is 1. The minimum Gasteiger partial charge on any atom is -0.380 e. The van der Waals surface area contributed by atoms with Gasteiger partial charge in [0.25, 0.3) is 0 Å². The monoisotopic (exact) mass is 330 g/mol. The van der Waals surface area contributed by atoms with Crippen LogP contribution in [0.3, 0.4) is 0 Å². The van der Waals surface area contributed by atoms with Crippen LogP contribution in [0, 0.1) is 0 Å². The molecule has 0 radical (unpaired) electrons. The van der Waals surface area contributed by atoms with Crippen molar-refractivity contribution in [1.82, 2.24) is 0 Å². The minimum absolute atomic E-state index is 0.0564. The number of rotatable bonds is 1. The van der Waals surface area contributed by atoms with Gasteiger partial charge < -0.3 is 24.1 Å². The smallest absolute Gasteiger partial charge is 0.192 e. The van der Waals surface area contributed by atoms with Gasteiger partial charge in [0.15, 0.2) is 11.6 Å². The predicted molar refractivity (Wildman–Crippen MR) is 85.3 cm³/mol. The zero-order valence-electron chi connectivity index (χ0n) is 13.8. The second-order valence-electron chi connectivity index (χ2n) is 7.17. The van der Waals surface area contributed by atoms with Crippen LogP contribution in [0.1, 0.15) is 42.4 Å². The zero-order valence-corrected chi connectivity index (χ0v) is 13.8. The van der Waals surface area contributed by atoms with Crippen LogP contribution in [0.2, 0.25) is 0 Å². The van der Waals surface area contributed by atoms with Crippen LogP contribution in [0.15, 0.2) is 30.4 Å². The first-order valence-electron chi connectivity index (χ1n) is 8.69. The molecule has 0 bridgehead atoms. The molecular weight excluding hydrogens is 308 g/mol. The maximum atomic E-state index is 11.5. The molecule has 5 rings (SSSR count). The van der Waals surface area contributed by atoms with Crippen molar-refractivity contribution < 1.29 is 24.1 Å². The first-order valence-corrected chi connectivity index (χ1v) is 8.69. The van der Waals surface area contributed by atoms with E-state index in [1.807, 2.05) is 31.2 Å². The Bertz CT molecular complexity index is 700. The molecule has 1 aromatic carbocycles. The third-order valence-electron chi connectivity index (χ3n) is 5.88. The Morgan fingerprint density at radius 1 is 1.00 bits per heavy atom. The third kappa shape index (κ3) is 1.87. The van der Waals surface area contributed by atoms with E-state index in [0.29, 0.717) is 26.4 Å². The average Bonchev–Trinajstić information content (AvgIpc) is 3.20. The van der Waals surface area contributed by atoms with Crippen LogP contribution in [0.25, 0.3) is 0 Å². The fourth-order valence-corrected chi connectivity index (χ4v) is 4.66. The molecule has 2 atom stereocenters. The summed E-state index contributed by atoms with van der Waals surface area (Å²) in [6.07, 6.45) is 5.33. The second-order valence-corrected chi connectivity index (χ2v) is 7.17. The zero-order chi connectivity index (χ0) is 16.4. The van der Waals surface area contributed by atoms with Gasteiger partial charge in [0, 0.05) is 23.5 Å². The van der Waals surface area contributed by atoms with E-state index >= 15 is 0 Å². The van der Waals surface area contributed by atoms with Gasteiger partial charge in [-0.15, -0.1) is 0 Å². The molecule has 128 valence electrons. The van der Waals surface area contributed by atoms with Gasteiger partial charge >= 0.3 is 0 Å². The lowest BCUT2D eigenvalue weighted by molar-refractivity contribution is -0.153. The number of benzene rings is 1. The van der Waals surface area contributed by atoms with E-state index in [4.69, 9.17) is 18.9 Å². The van der Waals surface area contributed by atoms with Crippen molar-refractivity contribution in [2.75, 3.05) is 26.4 Å². The quantitative estimate of drug-likeness (QED) is 0.801. The molecule has 5 nitrogen and oxygen atoms in total. The first-order chi connectivity index (χ1) is 11.6. The van der Waals surface area contributed by atoms with E-state index in [1.165, 1.54) is 5.56 Å². The first kappa shape index (κ1) is 15.0. The fourth-order valence-electron chi connectivity index (χ4n) is 4.66. The van der Waals surface area contributed by atoms with E-state index in [0.717, 1.165) is 24.0 Å². The highest BCUT2D eigenvalue weighted by molar-refractivity contribution is 5.57. The topological polar surface area (TPSA) is 57.2 Å². The summed E-state index contributed by atoms with van der Waals surface area (Å²) in [5.41, 5.74) is 2.01. The lowest BCUT2D eigenvalue weighted by Crippen LogP contribution is -2.45. The minimum atomic E-state index is -1.01. The van der Waals surface area contributed by atoms with Crippen LogP contribution in [0.5, 0.6) is 0 Å². The Labute approximate surface area is 141 Å². The highest BCUT2D eigenvalue weighted by Gasteiger charge is 2.55. The van der Waals surface area contributed by atoms with E-state index in [2.05, 4.69) is 6.07 Å². The second kappa shape index (κ2) is 4.90. The van der Waals surface area contributed by atoms with Crippen molar-refractivity contribution in [2.24, 2.45) is 0 Å². The normalized spacial score (nSPS) is 35.3. The number of ether oxygens (including phenoxy) is 4. The summed E-state index contributed by atoms with van der Waals surface area (Å²) in [4.78, 5) is 0. The molecule has 2 aliphatic heterocycles. The summed E-state index contributed by atoms with van der Waals surface area (Å²) in [5.74, 6) is -1.40.